The van der Waals surface area contributed by atoms with Crippen molar-refractivity contribution in [2.75, 3.05) is 0 Å². The van der Waals surface area contributed by atoms with Crippen molar-refractivity contribution in [2.24, 2.45) is 5.73 Å². The summed E-state index contributed by atoms with van der Waals surface area (Å²) in [6.07, 6.45) is -0.412. The van der Waals surface area contributed by atoms with E-state index < -0.39 is 27.9 Å². The van der Waals surface area contributed by atoms with Crippen LogP contribution in [0.4, 0.5) is 0 Å². The standard InChI is InChI=1S/C11H14N2O5S/c12-9(11(15)16)6-7-10(14)13-19(17,18)8-4-2-1-3-5-8/h1-5,9H,6-7,12H2,(H,13,14)(H,15,16)/t9-/m1/s1. The monoisotopic (exact) mass is 286 g/mol. The second-order valence-corrected chi connectivity index (χ2v) is 5.51. The lowest BCUT2D eigenvalue weighted by Gasteiger charge is -2.08. The van der Waals surface area contributed by atoms with Crippen LogP contribution in [0, 0.1) is 0 Å². The summed E-state index contributed by atoms with van der Waals surface area (Å²) >= 11 is 0. The summed E-state index contributed by atoms with van der Waals surface area (Å²) in [5.74, 6) is -2.03. The van der Waals surface area contributed by atoms with E-state index in [9.17, 15) is 18.0 Å². The first kappa shape index (κ1) is 15.1. The summed E-state index contributed by atoms with van der Waals surface area (Å²) in [4.78, 5) is 21.8. The summed E-state index contributed by atoms with van der Waals surface area (Å²) in [6.45, 7) is 0. The van der Waals surface area contributed by atoms with E-state index in [0.717, 1.165) is 0 Å². The number of aliphatic carboxylic acids is 1. The Balaban J connectivity index is 2.60. The zero-order chi connectivity index (χ0) is 14.5. The number of amides is 1. The van der Waals surface area contributed by atoms with E-state index in [1.165, 1.54) is 24.3 Å². The van der Waals surface area contributed by atoms with Gasteiger partial charge in [0.25, 0.3) is 10.0 Å². The Hall–Kier alpha value is -1.93. The maximum Gasteiger partial charge on any atom is 0.320 e. The van der Waals surface area contributed by atoms with Crippen LogP contribution in [-0.2, 0) is 19.6 Å². The molecule has 4 N–H and O–H groups in total. The average Bonchev–Trinajstić information content (AvgIpc) is 2.36. The zero-order valence-electron chi connectivity index (χ0n) is 9.94. The van der Waals surface area contributed by atoms with Crippen LogP contribution in [0.5, 0.6) is 0 Å². The molecule has 19 heavy (non-hydrogen) atoms. The third kappa shape index (κ3) is 4.68. The Morgan fingerprint density at radius 3 is 2.37 bits per heavy atom. The third-order valence-corrected chi connectivity index (χ3v) is 3.69. The topological polar surface area (TPSA) is 127 Å². The minimum absolute atomic E-state index is 0.0362. The number of carboxylic acid groups (broad SMARTS) is 1. The van der Waals surface area contributed by atoms with Crippen LogP contribution in [0.2, 0.25) is 0 Å². The van der Waals surface area contributed by atoms with Gasteiger partial charge in [-0.25, -0.2) is 13.1 Å². The summed E-state index contributed by atoms with van der Waals surface area (Å²) < 4.78 is 25.3. The Kier molecular flexibility index (Phi) is 5.02. The highest BCUT2D eigenvalue weighted by atomic mass is 32.2. The molecule has 104 valence electrons. The van der Waals surface area contributed by atoms with Crippen LogP contribution in [-0.4, -0.2) is 31.4 Å². The van der Waals surface area contributed by atoms with E-state index in [0.29, 0.717) is 0 Å². The number of hydrogen-bond donors (Lipinski definition) is 3. The Morgan fingerprint density at radius 1 is 1.26 bits per heavy atom. The molecule has 0 saturated carbocycles. The van der Waals surface area contributed by atoms with Crippen LogP contribution in [0.15, 0.2) is 35.2 Å². The van der Waals surface area contributed by atoms with Crippen LogP contribution in [0.25, 0.3) is 0 Å². The number of sulfonamides is 1. The maximum atomic E-state index is 11.7. The molecule has 0 radical (unpaired) electrons. The molecular formula is C11H14N2O5S. The summed E-state index contributed by atoms with van der Waals surface area (Å²) in [7, 11) is -3.92. The van der Waals surface area contributed by atoms with Crippen molar-refractivity contribution in [1.29, 1.82) is 0 Å². The molecule has 0 unspecified atom stereocenters. The summed E-state index contributed by atoms with van der Waals surface area (Å²) in [6, 6.07) is 6.20. The molecule has 1 amide bonds. The second-order valence-electron chi connectivity index (χ2n) is 3.83. The predicted molar refractivity (Wildman–Crippen MR) is 66.6 cm³/mol. The number of rotatable bonds is 6. The minimum Gasteiger partial charge on any atom is -0.480 e. The van der Waals surface area contributed by atoms with Crippen LogP contribution in [0.1, 0.15) is 12.8 Å². The fraction of sp³-hybridized carbons (Fsp3) is 0.273. The lowest BCUT2D eigenvalue weighted by atomic mass is 10.2. The number of carbonyl (C=O) groups excluding carboxylic acids is 1. The molecule has 7 nitrogen and oxygen atoms in total. The molecule has 0 aromatic heterocycles. The maximum absolute atomic E-state index is 11.7. The molecule has 1 atom stereocenters. The normalized spacial score (nSPS) is 12.7. The quantitative estimate of drug-likeness (QED) is 0.658. The van der Waals surface area contributed by atoms with E-state index in [4.69, 9.17) is 10.8 Å². The highest BCUT2D eigenvalue weighted by Gasteiger charge is 2.19. The first-order valence-corrected chi connectivity index (χ1v) is 6.90. The molecule has 0 saturated heterocycles. The van der Waals surface area contributed by atoms with Gasteiger partial charge in [0.15, 0.2) is 0 Å². The van der Waals surface area contributed by atoms with Crippen molar-refractivity contribution in [3.05, 3.63) is 30.3 Å². The number of benzene rings is 1. The van der Waals surface area contributed by atoms with Gasteiger partial charge in [-0.15, -0.1) is 0 Å². The van der Waals surface area contributed by atoms with Crippen LogP contribution < -0.4 is 10.5 Å². The Morgan fingerprint density at radius 2 is 1.84 bits per heavy atom. The molecule has 8 heteroatoms. The third-order valence-electron chi connectivity index (χ3n) is 2.30. The van der Waals surface area contributed by atoms with E-state index in [1.807, 2.05) is 4.72 Å². The fourth-order valence-electron chi connectivity index (χ4n) is 1.27. The zero-order valence-corrected chi connectivity index (χ0v) is 10.8. The first-order valence-electron chi connectivity index (χ1n) is 5.42. The van der Waals surface area contributed by atoms with Gasteiger partial charge < -0.3 is 10.8 Å². The molecule has 0 fully saturated rings. The molecule has 1 rings (SSSR count). The van der Waals surface area contributed by atoms with Crippen molar-refractivity contribution in [2.45, 2.75) is 23.8 Å². The Bertz CT molecular complexity index is 556. The van der Waals surface area contributed by atoms with Crippen molar-refractivity contribution >= 4 is 21.9 Å². The molecule has 1 aromatic carbocycles. The lowest BCUT2D eigenvalue weighted by Crippen LogP contribution is -2.34. The molecule has 0 bridgehead atoms. The molecule has 0 spiro atoms. The molecule has 0 aliphatic rings. The van der Waals surface area contributed by atoms with E-state index >= 15 is 0 Å². The van der Waals surface area contributed by atoms with Crippen LogP contribution >= 0.6 is 0 Å². The van der Waals surface area contributed by atoms with Gasteiger partial charge in [0, 0.05) is 6.42 Å². The van der Waals surface area contributed by atoms with Crippen molar-refractivity contribution < 1.29 is 23.1 Å². The number of carbonyl (C=O) groups is 2. The number of nitrogens with two attached hydrogens (primary N) is 1. The van der Waals surface area contributed by atoms with Gasteiger partial charge in [-0.1, -0.05) is 18.2 Å². The highest BCUT2D eigenvalue weighted by Crippen LogP contribution is 2.07. The van der Waals surface area contributed by atoms with Gasteiger partial charge in [0.2, 0.25) is 5.91 Å². The van der Waals surface area contributed by atoms with Crippen LogP contribution in [0.3, 0.4) is 0 Å². The fourth-order valence-corrected chi connectivity index (χ4v) is 2.30. The minimum atomic E-state index is -3.92. The summed E-state index contributed by atoms with van der Waals surface area (Å²) in [5, 5.41) is 8.53. The smallest absolute Gasteiger partial charge is 0.320 e. The molecule has 1 aromatic rings. The first-order chi connectivity index (χ1) is 8.83. The molecule has 0 aliphatic carbocycles. The predicted octanol–water partition coefficient (Wildman–Crippen LogP) is -0.316. The van der Waals surface area contributed by atoms with Gasteiger partial charge in [-0.3, -0.25) is 9.59 Å². The molecular weight excluding hydrogens is 272 g/mol. The van der Waals surface area contributed by atoms with Gasteiger partial charge in [-0.2, -0.15) is 0 Å². The number of carboxylic acids is 1. The van der Waals surface area contributed by atoms with Gasteiger partial charge in [-0.05, 0) is 18.6 Å². The SMILES string of the molecule is N[C@H](CCC(=O)NS(=O)(=O)c1ccccc1)C(=O)O. The van der Waals surface area contributed by atoms with E-state index in [-0.39, 0.29) is 17.7 Å². The summed E-state index contributed by atoms with van der Waals surface area (Å²) in [5.41, 5.74) is 5.21. The average molecular weight is 286 g/mol. The van der Waals surface area contributed by atoms with E-state index in [1.54, 1.807) is 6.07 Å². The van der Waals surface area contributed by atoms with E-state index in [2.05, 4.69) is 0 Å². The molecule has 0 heterocycles. The van der Waals surface area contributed by atoms with Crippen molar-refractivity contribution in [3.63, 3.8) is 0 Å². The van der Waals surface area contributed by atoms with Gasteiger partial charge in [0.05, 0.1) is 4.90 Å². The number of nitrogens with one attached hydrogen (secondary N) is 1. The highest BCUT2D eigenvalue weighted by molar-refractivity contribution is 7.90. The van der Waals surface area contributed by atoms with Crippen molar-refractivity contribution in [3.8, 4) is 0 Å². The number of hydrogen-bond acceptors (Lipinski definition) is 5. The Labute approximate surface area is 110 Å². The van der Waals surface area contributed by atoms with Gasteiger partial charge >= 0.3 is 5.97 Å². The second kappa shape index (κ2) is 6.30. The molecule has 0 aliphatic heterocycles. The largest absolute Gasteiger partial charge is 0.480 e. The van der Waals surface area contributed by atoms with Crippen molar-refractivity contribution in [1.82, 2.24) is 4.72 Å². The van der Waals surface area contributed by atoms with Gasteiger partial charge in [0.1, 0.15) is 6.04 Å². The lowest BCUT2D eigenvalue weighted by molar-refractivity contribution is -0.138.